The van der Waals surface area contributed by atoms with Gasteiger partial charge in [-0.2, -0.15) is 0 Å². The largest absolute Gasteiger partial charge is 0.473 e. The van der Waals surface area contributed by atoms with Gasteiger partial charge in [0.05, 0.1) is 38.7 Å². The van der Waals surface area contributed by atoms with E-state index in [-0.39, 0.29) is 72.9 Å². The number of aryl methyl sites for hydroxylation is 3. The van der Waals surface area contributed by atoms with Gasteiger partial charge in [-0.3, -0.25) is 29.3 Å². The molecule has 0 aliphatic carbocycles. The second-order valence-electron chi connectivity index (χ2n) is 20.4. The van der Waals surface area contributed by atoms with Crippen LogP contribution in [0.1, 0.15) is 104 Å². The van der Waals surface area contributed by atoms with Gasteiger partial charge in [0, 0.05) is 113 Å². The van der Waals surface area contributed by atoms with E-state index in [9.17, 15) is 14.4 Å². The fraction of sp³-hybridized carbons (Fsp3) is 0.344. The van der Waals surface area contributed by atoms with Gasteiger partial charge >= 0.3 is 0 Å². The first-order chi connectivity index (χ1) is 43.0. The highest BCUT2D eigenvalue weighted by molar-refractivity contribution is 6.30. The Kier molecular flexibility index (Phi) is 21.4. The molecule has 88 heavy (non-hydrogen) atoms. The predicted octanol–water partition coefficient (Wildman–Crippen LogP) is 8.23. The van der Waals surface area contributed by atoms with E-state index in [2.05, 4.69) is 71.8 Å². The lowest BCUT2D eigenvalue weighted by Crippen LogP contribution is -2.39. The van der Waals surface area contributed by atoms with Crippen molar-refractivity contribution in [1.29, 1.82) is 0 Å². The molecule has 0 aromatic carbocycles. The van der Waals surface area contributed by atoms with Crippen LogP contribution < -0.4 is 30.2 Å². The smallest absolute Gasteiger partial charge is 0.272 e. The van der Waals surface area contributed by atoms with Crippen molar-refractivity contribution >= 4 is 29.3 Å². The highest BCUT2D eigenvalue weighted by atomic mass is 35.5. The molecule has 9 aromatic rings. The normalized spacial score (nSPS) is 14.5. The van der Waals surface area contributed by atoms with Crippen molar-refractivity contribution in [3.63, 3.8) is 0 Å². The predicted molar refractivity (Wildman–Crippen MR) is 314 cm³/mol. The summed E-state index contributed by atoms with van der Waals surface area (Å²) >= 11 is 5.89. The lowest BCUT2D eigenvalue weighted by atomic mass is 10.1. The molecule has 0 bridgehead atoms. The molecule has 3 aliphatic rings. The third-order valence-electron chi connectivity index (χ3n) is 14.3. The zero-order valence-corrected chi connectivity index (χ0v) is 49.2. The van der Waals surface area contributed by atoms with Crippen LogP contribution in [0, 0.1) is 20.8 Å². The lowest BCUT2D eigenvalue weighted by Gasteiger charge is -2.23. The summed E-state index contributed by atoms with van der Waals surface area (Å²) < 4.78 is 49.1. The second-order valence-corrected chi connectivity index (χ2v) is 20.8. The Hall–Kier alpha value is -9.63. The molecule has 27 heteroatoms. The lowest BCUT2D eigenvalue weighted by molar-refractivity contribution is 0.0687. The van der Waals surface area contributed by atoms with Crippen LogP contribution in [-0.4, -0.2) is 131 Å². The van der Waals surface area contributed by atoms with Crippen LogP contribution in [0.2, 0.25) is 5.02 Å². The fourth-order valence-corrected chi connectivity index (χ4v) is 9.33. The van der Waals surface area contributed by atoms with Crippen LogP contribution in [0.15, 0.2) is 123 Å². The molecular weight excluding hydrogens is 1160 g/mol. The van der Waals surface area contributed by atoms with Crippen LogP contribution >= 0.6 is 11.6 Å². The summed E-state index contributed by atoms with van der Waals surface area (Å²) in [4.78, 5) is 53.9. The van der Waals surface area contributed by atoms with E-state index < -0.39 is 0 Å². The Labute approximate surface area is 509 Å². The maximum Gasteiger partial charge on any atom is 0.272 e. The molecule has 0 spiro atoms. The Balaban J connectivity index is 0.000000146. The minimum Gasteiger partial charge on any atom is -0.473 e. The van der Waals surface area contributed by atoms with Crippen molar-refractivity contribution in [3.05, 3.63) is 166 Å². The number of carbonyl (C=O) groups excluding carboxylic acids is 3. The molecule has 0 radical (unpaired) electrons. The first-order valence-electron chi connectivity index (χ1n) is 28.5. The van der Waals surface area contributed by atoms with E-state index in [1.807, 2.05) is 44.2 Å². The number of nitrogens with zero attached hydrogens (tertiary/aromatic N) is 11. The van der Waals surface area contributed by atoms with Crippen molar-refractivity contribution in [3.8, 4) is 51.7 Å². The molecule has 3 aliphatic heterocycles. The van der Waals surface area contributed by atoms with Gasteiger partial charge in [-0.15, -0.1) is 20.4 Å². The Morgan fingerprint density at radius 1 is 0.477 bits per heavy atom. The van der Waals surface area contributed by atoms with E-state index >= 15 is 0 Å². The van der Waals surface area contributed by atoms with Gasteiger partial charge < -0.3 is 57.9 Å². The van der Waals surface area contributed by atoms with Crippen molar-refractivity contribution < 1.29 is 56.4 Å². The van der Waals surface area contributed by atoms with Gasteiger partial charge in [-0.1, -0.05) is 33.1 Å². The number of ether oxygens (including phenoxy) is 6. The number of hydrogen-bond acceptors (Lipinski definition) is 23. The Morgan fingerprint density at radius 2 is 0.966 bits per heavy atom. The number of carbonyl (C=O) groups is 3. The van der Waals surface area contributed by atoms with Gasteiger partial charge in [-0.05, 0) is 114 Å². The molecule has 3 amide bonds. The maximum atomic E-state index is 12.4. The van der Waals surface area contributed by atoms with Gasteiger partial charge in [0.2, 0.25) is 17.6 Å². The third kappa shape index (κ3) is 16.9. The minimum absolute atomic E-state index is 0.0976. The van der Waals surface area contributed by atoms with Crippen molar-refractivity contribution in [2.24, 2.45) is 0 Å². The maximum absolute atomic E-state index is 12.4. The van der Waals surface area contributed by atoms with Gasteiger partial charge in [-0.25, -0.2) is 4.98 Å². The number of rotatable bonds is 18. The van der Waals surface area contributed by atoms with Gasteiger partial charge in [0.15, 0.2) is 11.4 Å². The Bertz CT molecular complexity index is 3510. The summed E-state index contributed by atoms with van der Waals surface area (Å²) in [7, 11) is 0. The molecule has 0 saturated carbocycles. The first kappa shape index (κ1) is 61.5. The zero-order valence-electron chi connectivity index (χ0n) is 48.4. The van der Waals surface area contributed by atoms with E-state index in [1.165, 1.54) is 6.20 Å². The van der Waals surface area contributed by atoms with Crippen molar-refractivity contribution in [1.82, 2.24) is 71.8 Å². The fourth-order valence-electron chi connectivity index (χ4n) is 9.22. The first-order valence-corrected chi connectivity index (χ1v) is 28.9. The van der Waals surface area contributed by atoms with Crippen LogP contribution in [0.3, 0.4) is 0 Å². The molecule has 456 valence electrons. The average molecular weight is 1220 g/mol. The number of nitrogens with one attached hydrogen (secondary N) is 3. The molecule has 12 heterocycles. The highest BCUT2D eigenvalue weighted by Gasteiger charge is 2.24. The number of aromatic nitrogens is 11. The minimum atomic E-state index is -0.257. The van der Waals surface area contributed by atoms with Crippen molar-refractivity contribution in [2.75, 3.05) is 39.6 Å². The van der Waals surface area contributed by atoms with Crippen LogP contribution in [0.4, 0.5) is 0 Å². The molecule has 0 unspecified atom stereocenters. The van der Waals surface area contributed by atoms with E-state index in [1.54, 1.807) is 80.2 Å². The van der Waals surface area contributed by atoms with Gasteiger partial charge in [0.25, 0.3) is 17.7 Å². The number of hydrogen-bond donors (Lipinski definition) is 3. The molecule has 3 fully saturated rings. The summed E-state index contributed by atoms with van der Waals surface area (Å²) in [5, 5.41) is 37.7. The van der Waals surface area contributed by atoms with Crippen LogP contribution in [0.25, 0.3) is 34.0 Å². The second kappa shape index (κ2) is 30.6. The topological polar surface area (TPSA) is 324 Å². The van der Waals surface area contributed by atoms with Crippen LogP contribution in [-0.2, 0) is 34.0 Å². The molecule has 9 aromatic heterocycles. The highest BCUT2D eigenvalue weighted by Crippen LogP contribution is 2.29. The van der Waals surface area contributed by atoms with E-state index in [4.69, 9.17) is 53.6 Å². The third-order valence-corrected chi connectivity index (χ3v) is 14.5. The summed E-state index contributed by atoms with van der Waals surface area (Å²) in [6.07, 6.45) is 13.0. The molecule has 3 saturated heterocycles. The molecule has 0 atom stereocenters. The Morgan fingerprint density at radius 3 is 1.41 bits per heavy atom. The number of pyridine rings is 4. The SMILES string of the molecule is Cc1onc(-c2ccc(Cl)cn2)c1COc1ccc(C(=O)NC2CCOCC2)nn1.Cc1onc(-c2ccccn2)c1COc1ccc(C(=O)NC2CCOCC2)cn1.Cc1onc(-c2cccnc2)c1COc1ccc(C(=O)NC2CCOCC2)nn1. The van der Waals surface area contributed by atoms with Crippen molar-refractivity contribution in [2.45, 2.75) is 97.2 Å². The quantitative estimate of drug-likeness (QED) is 0.0728. The van der Waals surface area contributed by atoms with Crippen LogP contribution in [0.5, 0.6) is 17.6 Å². The molecule has 26 nitrogen and oxygen atoms in total. The summed E-state index contributed by atoms with van der Waals surface area (Å²) in [6, 6.07) is 23.0. The summed E-state index contributed by atoms with van der Waals surface area (Å²) in [6.45, 7) is 10.0. The molecule has 12 rings (SSSR count). The monoisotopic (exact) mass is 1220 g/mol. The zero-order chi connectivity index (χ0) is 61.0. The molecular formula is C61H63ClN14O12. The standard InChI is InChI=1S/C21H22N4O4.C20H20ClN5O4.C20H21N5O4/c1-14-17(20(25-29-14)18-4-2-3-9-22-18)13-28-19-6-5-15(12-23-19)21(26)24-16-7-10-27-11-8-16;1-12-15(19(26-30-12)16-3-2-13(21)10-22-16)11-29-18-5-4-17(24-25-18)20(27)23-14-6-8-28-9-7-14;1-13-16(19(25-29-13)14-3-2-8-21-11-14)12-28-18-5-4-17(23-24-18)20(26)22-15-6-9-27-10-7-15/h2-6,9,12,16H,7-8,10-11,13H2,1H3,(H,24,26);2-5,10,14H,6-9,11H2,1H3,(H,23,27);2-5,8,11,15H,6-7,9-10,12H2,1H3,(H,22,26). The summed E-state index contributed by atoms with van der Waals surface area (Å²) in [5.74, 6) is 2.31. The number of amides is 3. The number of halogens is 1. The average Bonchev–Trinajstić information content (AvgIpc) is 3.55. The van der Waals surface area contributed by atoms with E-state index in [0.29, 0.717) is 102 Å². The summed E-state index contributed by atoms with van der Waals surface area (Å²) in [5.41, 5.74) is 7.43. The van der Waals surface area contributed by atoms with Gasteiger partial charge in [0.1, 0.15) is 54.2 Å². The molecule has 3 N–H and O–H groups in total. The van der Waals surface area contributed by atoms with E-state index in [0.717, 1.165) is 66.5 Å².